The highest BCUT2D eigenvalue weighted by Gasteiger charge is 2.41. The van der Waals surface area contributed by atoms with Gasteiger partial charge in [-0.3, -0.25) is 29.2 Å². The molecule has 0 unspecified atom stereocenters. The smallest absolute Gasteiger partial charge is 0.324 e. The van der Waals surface area contributed by atoms with Gasteiger partial charge in [0.05, 0.1) is 36.2 Å². The van der Waals surface area contributed by atoms with Gasteiger partial charge in [0.1, 0.15) is 23.9 Å². The fourth-order valence-corrected chi connectivity index (χ4v) is 10.5. The molecule has 4 N–H and O–H groups in total. The van der Waals surface area contributed by atoms with Crippen molar-refractivity contribution in [1.82, 2.24) is 45.3 Å². The number of likely N-dealkylation sites (tertiary alicyclic amines) is 1. The Labute approximate surface area is 404 Å². The number of amides is 5. The Bertz CT molecular complexity index is 2610. The highest BCUT2D eigenvalue weighted by molar-refractivity contribution is 5.96. The summed E-state index contributed by atoms with van der Waals surface area (Å²) < 4.78 is 14.2. The van der Waals surface area contributed by atoms with Gasteiger partial charge in [0, 0.05) is 88.4 Å². The van der Waals surface area contributed by atoms with E-state index in [1.807, 2.05) is 39.0 Å². The molecular formula is C52H69N9O8. The average molecular weight is 948 g/mol. The van der Waals surface area contributed by atoms with Crippen LogP contribution in [0.2, 0.25) is 0 Å². The quantitative estimate of drug-likeness (QED) is 0.123. The molecule has 6 heterocycles. The average Bonchev–Trinajstić information content (AvgIpc) is 3.99. The maximum Gasteiger partial charge on any atom is 0.324 e. The number of cyclic esters (lactones) is 1. The van der Waals surface area contributed by atoms with Crippen molar-refractivity contribution in [2.24, 2.45) is 11.3 Å². The molecule has 17 nitrogen and oxygen atoms in total. The van der Waals surface area contributed by atoms with Gasteiger partial charge in [-0.05, 0) is 104 Å². The number of aryl methyl sites for hydroxylation is 1. The van der Waals surface area contributed by atoms with E-state index < -0.39 is 41.3 Å². The molecule has 69 heavy (non-hydrogen) atoms. The number of carbonyl (C=O) groups excluding carboxylic acids is 5. The van der Waals surface area contributed by atoms with Crippen LogP contribution in [0.1, 0.15) is 83.7 Å². The molecule has 0 spiro atoms. The lowest BCUT2D eigenvalue weighted by Gasteiger charge is -2.37. The summed E-state index contributed by atoms with van der Waals surface area (Å²) in [5.74, 6) is -1.83. The number of hydrogen-bond donors (Lipinski definition) is 4. The van der Waals surface area contributed by atoms with Crippen LogP contribution in [-0.2, 0) is 48.0 Å². The predicted octanol–water partition coefficient (Wildman–Crippen LogP) is 5.03. The van der Waals surface area contributed by atoms with Crippen molar-refractivity contribution >= 4 is 40.6 Å². The van der Waals surface area contributed by atoms with Gasteiger partial charge in [0.15, 0.2) is 0 Å². The molecule has 5 amide bonds. The fourth-order valence-electron chi connectivity index (χ4n) is 10.5. The number of fused-ring (bicyclic) bond motifs is 6. The van der Waals surface area contributed by atoms with Crippen molar-refractivity contribution in [1.29, 1.82) is 0 Å². The van der Waals surface area contributed by atoms with Crippen molar-refractivity contribution < 1.29 is 38.6 Å². The lowest BCUT2D eigenvalue weighted by molar-refractivity contribution is -0.155. The molecule has 4 aliphatic heterocycles. The number of phenols is 1. The van der Waals surface area contributed by atoms with Gasteiger partial charge in [-0.15, -0.1) is 0 Å². The third kappa shape index (κ3) is 10.3. The van der Waals surface area contributed by atoms with Gasteiger partial charge in [-0.1, -0.05) is 39.8 Å². The van der Waals surface area contributed by atoms with E-state index in [0.717, 1.165) is 44.5 Å². The molecule has 8 rings (SSSR count). The topological polar surface area (TPSA) is 201 Å². The monoisotopic (exact) mass is 948 g/mol. The van der Waals surface area contributed by atoms with Crippen molar-refractivity contribution in [2.75, 3.05) is 54.0 Å². The number of urea groups is 1. The Hall–Kier alpha value is -6.04. The predicted molar refractivity (Wildman–Crippen MR) is 262 cm³/mol. The van der Waals surface area contributed by atoms with Gasteiger partial charge in [-0.2, -0.15) is 0 Å². The summed E-state index contributed by atoms with van der Waals surface area (Å²) in [6.07, 6.45) is 3.59. The summed E-state index contributed by atoms with van der Waals surface area (Å²) >= 11 is 0. The van der Waals surface area contributed by atoms with E-state index in [9.17, 15) is 29.1 Å². The van der Waals surface area contributed by atoms with E-state index in [0.29, 0.717) is 57.4 Å². The number of rotatable bonds is 10. The van der Waals surface area contributed by atoms with Crippen LogP contribution in [0.15, 0.2) is 54.7 Å². The minimum absolute atomic E-state index is 0.00484. The number of hydrogen-bond acceptors (Lipinski definition) is 11. The first-order valence-corrected chi connectivity index (χ1v) is 24.4. The normalized spacial score (nSPS) is 22.5. The molecule has 370 valence electrons. The van der Waals surface area contributed by atoms with Crippen molar-refractivity contribution in [3.05, 3.63) is 71.5 Å². The molecule has 6 bridgehead atoms. The summed E-state index contributed by atoms with van der Waals surface area (Å²) in [5, 5.41) is 19.8. The number of hydrazine groups is 1. The van der Waals surface area contributed by atoms with Gasteiger partial charge < -0.3 is 44.5 Å². The zero-order valence-corrected chi connectivity index (χ0v) is 41.5. The first kappa shape index (κ1) is 49.4. The zero-order chi connectivity index (χ0) is 49.5. The molecule has 2 aromatic carbocycles. The van der Waals surface area contributed by atoms with E-state index in [4.69, 9.17) is 14.5 Å². The second-order valence-electron chi connectivity index (χ2n) is 20.4. The Balaban J connectivity index is 1.16. The van der Waals surface area contributed by atoms with Crippen LogP contribution in [0, 0.1) is 11.3 Å². The molecule has 3 saturated heterocycles. The Morgan fingerprint density at radius 1 is 1.04 bits per heavy atom. The number of aromatic hydroxyl groups is 1. The molecule has 0 saturated carbocycles. The van der Waals surface area contributed by atoms with Crippen molar-refractivity contribution in [2.45, 2.75) is 117 Å². The standard InChI is InChI=1S/C52H69N9O8/c1-10-60-43-16-15-33-25-38(43)39(46(60)37-13-11-18-53-44(37)31(4)68-9)26-52(5,6)29-69-50(66)40-14-12-19-61(56-40)49(65)41(23-32-21-34(33)24-36(62)22-32)55-47(63)45(30(2)3)58(8)51(67)59-20-17-35(28-59)57(7)48(64)42-27-54-42/h11,13,15-16,18,21-22,24-25,30-31,35,40-42,45,54,56,62H,10,12,14,17,19-20,23,26-29H2,1-9H3,(H,55,63)/t31-,35-,40-,41-,42+,45-/m0/s1. The Morgan fingerprint density at radius 3 is 2.52 bits per heavy atom. The minimum Gasteiger partial charge on any atom is -0.508 e. The Kier molecular flexibility index (Phi) is 14.4. The number of methoxy groups -OCH3 is 1. The number of nitrogens with zero attached hydrogens (tertiary/aromatic N) is 6. The van der Waals surface area contributed by atoms with E-state index in [2.05, 4.69) is 59.6 Å². The number of aromatic nitrogens is 2. The second kappa shape index (κ2) is 20.1. The number of likely N-dealkylation sites (N-methyl/N-ethyl adjacent to an activating group) is 2. The highest BCUT2D eigenvalue weighted by Crippen LogP contribution is 2.42. The Morgan fingerprint density at radius 2 is 1.81 bits per heavy atom. The van der Waals surface area contributed by atoms with Crippen molar-refractivity contribution in [3.8, 4) is 28.1 Å². The maximum atomic E-state index is 14.8. The number of carbonyl (C=O) groups is 5. The number of phenolic OH excluding ortho intramolecular Hbond substituents is 1. The lowest BCUT2D eigenvalue weighted by Crippen LogP contribution is -2.62. The summed E-state index contributed by atoms with van der Waals surface area (Å²) in [5.41, 5.74) is 9.56. The number of esters is 1. The molecule has 3 fully saturated rings. The van der Waals surface area contributed by atoms with Crippen LogP contribution in [0.4, 0.5) is 4.79 Å². The van der Waals surface area contributed by atoms with Gasteiger partial charge in [0.25, 0.3) is 5.91 Å². The van der Waals surface area contributed by atoms with Crippen LogP contribution < -0.4 is 16.1 Å². The van der Waals surface area contributed by atoms with Gasteiger partial charge >= 0.3 is 12.0 Å². The molecule has 4 aromatic rings. The summed E-state index contributed by atoms with van der Waals surface area (Å²) in [6.45, 7) is 14.4. The SMILES string of the molecule is CCn1c(-c2cccnc2[C@H](C)OC)c2c3cc(ccc31)-c1cc(O)cc(c1)C[C@H](NC(=O)[C@H](C(C)C)N(C)C(=O)N1CC[C@H](N(C)C(=O)[C@H]3CN3)C1)C(=O)N1CCC[C@H](N1)C(=O)OCC(C)(C)C2. The fraction of sp³-hybridized carbons (Fsp3) is 0.538. The second-order valence-corrected chi connectivity index (χ2v) is 20.4. The van der Waals surface area contributed by atoms with E-state index in [-0.39, 0.29) is 61.4 Å². The zero-order valence-electron chi connectivity index (χ0n) is 41.5. The van der Waals surface area contributed by atoms with Crippen LogP contribution in [0.3, 0.4) is 0 Å². The summed E-state index contributed by atoms with van der Waals surface area (Å²) in [6, 6.07) is 11.9. The number of benzene rings is 2. The maximum absolute atomic E-state index is 14.8. The molecule has 2 aromatic heterocycles. The van der Waals surface area contributed by atoms with Gasteiger partial charge in [0.2, 0.25) is 11.8 Å². The summed E-state index contributed by atoms with van der Waals surface area (Å²) in [7, 11) is 5.03. The lowest BCUT2D eigenvalue weighted by atomic mass is 9.84. The molecule has 4 aliphatic rings. The third-order valence-electron chi connectivity index (χ3n) is 14.3. The van der Waals surface area contributed by atoms with Crippen LogP contribution in [0.25, 0.3) is 33.3 Å². The van der Waals surface area contributed by atoms with E-state index >= 15 is 0 Å². The molecule has 0 aliphatic carbocycles. The van der Waals surface area contributed by atoms with Gasteiger partial charge in [-0.25, -0.2) is 10.2 Å². The number of pyridine rings is 1. The summed E-state index contributed by atoms with van der Waals surface area (Å²) in [4.78, 5) is 79.9. The van der Waals surface area contributed by atoms with Crippen LogP contribution >= 0.6 is 0 Å². The number of ether oxygens (including phenoxy) is 2. The molecule has 17 heteroatoms. The van der Waals surface area contributed by atoms with Crippen LogP contribution in [0.5, 0.6) is 5.75 Å². The molecule has 6 atom stereocenters. The molecule has 0 radical (unpaired) electrons. The van der Waals surface area contributed by atoms with Crippen molar-refractivity contribution in [3.63, 3.8) is 0 Å². The third-order valence-corrected chi connectivity index (χ3v) is 14.3. The van der Waals surface area contributed by atoms with E-state index in [1.54, 1.807) is 49.3 Å². The first-order valence-electron chi connectivity index (χ1n) is 24.4. The largest absolute Gasteiger partial charge is 0.508 e. The highest BCUT2D eigenvalue weighted by atomic mass is 16.5. The first-order chi connectivity index (χ1) is 32.9. The minimum atomic E-state index is -1.16. The molecular weight excluding hydrogens is 879 g/mol. The van der Waals surface area contributed by atoms with E-state index in [1.165, 1.54) is 9.91 Å². The number of nitrogens with one attached hydrogen (secondary N) is 3. The van der Waals surface area contributed by atoms with Crippen LogP contribution in [-0.4, -0.2) is 148 Å².